The first-order valence-corrected chi connectivity index (χ1v) is 10.5. The Hall–Kier alpha value is -4.79. The minimum Gasteiger partial charge on any atom is -0.478 e. The number of benzene rings is 3. The zero-order chi connectivity index (χ0) is 23.8. The number of non-ortho nitro benzene ring substituents is 1. The van der Waals surface area contributed by atoms with Gasteiger partial charge in [0.15, 0.2) is 0 Å². The summed E-state index contributed by atoms with van der Waals surface area (Å²) in [6, 6.07) is 16.5. The molecule has 0 spiro atoms. The van der Waals surface area contributed by atoms with Crippen LogP contribution in [0.3, 0.4) is 0 Å². The van der Waals surface area contributed by atoms with Crippen molar-refractivity contribution in [2.45, 2.75) is 13.0 Å². The summed E-state index contributed by atoms with van der Waals surface area (Å²) in [5.41, 5.74) is 2.66. The molecule has 0 radical (unpaired) electrons. The Kier molecular flexibility index (Phi) is 5.14. The summed E-state index contributed by atoms with van der Waals surface area (Å²) in [4.78, 5) is 42.9. The lowest BCUT2D eigenvalue weighted by atomic mass is 10.0. The zero-order valence-electron chi connectivity index (χ0n) is 17.8. The number of para-hydroxylation sites is 1. The Labute approximate surface area is 192 Å². The van der Waals surface area contributed by atoms with Crippen LogP contribution in [0.15, 0.2) is 78.0 Å². The molecule has 9 nitrogen and oxygen atoms in total. The fourth-order valence-corrected chi connectivity index (χ4v) is 4.08. The van der Waals surface area contributed by atoms with Gasteiger partial charge < -0.3 is 10.1 Å². The minimum absolute atomic E-state index is 0.202. The number of nitrogens with one attached hydrogen (secondary N) is 1. The van der Waals surface area contributed by atoms with E-state index < -0.39 is 10.9 Å². The predicted octanol–water partition coefficient (Wildman–Crippen LogP) is 4.39. The smallest absolute Gasteiger partial charge is 0.335 e. The number of H-pyrrole nitrogens is 1. The van der Waals surface area contributed by atoms with Gasteiger partial charge in [-0.15, -0.1) is 0 Å². The van der Waals surface area contributed by atoms with Crippen LogP contribution in [0.2, 0.25) is 0 Å². The summed E-state index contributed by atoms with van der Waals surface area (Å²) in [5.74, 6) is -1.27. The summed E-state index contributed by atoms with van der Waals surface area (Å²) in [6.45, 7) is 0.424. The molecular formula is C25H18N4O5. The molecule has 0 fully saturated rings. The maximum absolute atomic E-state index is 13.2. The first-order chi connectivity index (χ1) is 16.4. The Morgan fingerprint density at radius 2 is 1.88 bits per heavy atom. The molecule has 0 amide bonds. The van der Waals surface area contributed by atoms with Crippen molar-refractivity contribution >= 4 is 33.5 Å². The van der Waals surface area contributed by atoms with Gasteiger partial charge in [0.1, 0.15) is 0 Å². The SMILES string of the molecule is O=C(O)c1cc(-c2ccc3ncn(CCc4c[nH]c5ccccc45)c(=O)c3c2)cc([N+](=O)[O-])c1. The highest BCUT2D eigenvalue weighted by atomic mass is 16.6. The molecule has 0 saturated carbocycles. The maximum Gasteiger partial charge on any atom is 0.335 e. The molecule has 0 aliphatic heterocycles. The molecule has 34 heavy (non-hydrogen) atoms. The number of hydrogen-bond donors (Lipinski definition) is 2. The molecule has 0 aliphatic rings. The molecule has 5 aromatic rings. The number of aromatic nitrogens is 3. The van der Waals surface area contributed by atoms with Crippen molar-refractivity contribution in [1.82, 2.24) is 14.5 Å². The van der Waals surface area contributed by atoms with Gasteiger partial charge >= 0.3 is 5.97 Å². The Balaban J connectivity index is 1.52. The van der Waals surface area contributed by atoms with E-state index in [0.717, 1.165) is 22.5 Å². The molecule has 5 rings (SSSR count). The standard InChI is InChI=1S/C25H18N4O5/c30-24-21-12-15(17-9-18(25(31)32)11-19(10-17)29(33)34)5-6-23(21)27-14-28(24)8-7-16-13-26-22-4-2-1-3-20(16)22/h1-6,9-14,26H,7-8H2,(H,31,32). The molecule has 168 valence electrons. The number of carboxylic acids is 1. The lowest BCUT2D eigenvalue weighted by Crippen LogP contribution is -2.21. The minimum atomic E-state index is -1.27. The molecule has 3 aromatic carbocycles. The average molecular weight is 454 g/mol. The second-order valence-electron chi connectivity index (χ2n) is 7.92. The molecule has 0 bridgehead atoms. The van der Waals surface area contributed by atoms with E-state index in [-0.39, 0.29) is 16.8 Å². The van der Waals surface area contributed by atoms with E-state index in [1.165, 1.54) is 23.0 Å². The van der Waals surface area contributed by atoms with Crippen LogP contribution in [0.4, 0.5) is 5.69 Å². The number of fused-ring (bicyclic) bond motifs is 2. The van der Waals surface area contributed by atoms with Gasteiger partial charge in [-0.3, -0.25) is 19.5 Å². The highest BCUT2D eigenvalue weighted by Crippen LogP contribution is 2.28. The normalized spacial score (nSPS) is 11.2. The van der Waals surface area contributed by atoms with Crippen LogP contribution >= 0.6 is 0 Å². The third-order valence-electron chi connectivity index (χ3n) is 5.83. The monoisotopic (exact) mass is 454 g/mol. The topological polar surface area (TPSA) is 131 Å². The van der Waals surface area contributed by atoms with E-state index in [9.17, 15) is 24.8 Å². The second kappa shape index (κ2) is 8.28. The van der Waals surface area contributed by atoms with Gasteiger partial charge in [0.2, 0.25) is 0 Å². The van der Waals surface area contributed by atoms with Crippen molar-refractivity contribution < 1.29 is 14.8 Å². The molecule has 0 atom stereocenters. The molecular weight excluding hydrogens is 436 g/mol. The van der Waals surface area contributed by atoms with Crippen LogP contribution in [-0.2, 0) is 13.0 Å². The third-order valence-corrected chi connectivity index (χ3v) is 5.83. The fraction of sp³-hybridized carbons (Fsp3) is 0.0800. The number of nitrogens with zero attached hydrogens (tertiary/aromatic N) is 3. The highest BCUT2D eigenvalue weighted by Gasteiger charge is 2.16. The van der Waals surface area contributed by atoms with Crippen LogP contribution in [0.1, 0.15) is 15.9 Å². The number of rotatable bonds is 6. The zero-order valence-corrected chi connectivity index (χ0v) is 17.8. The van der Waals surface area contributed by atoms with E-state index in [0.29, 0.717) is 35.0 Å². The molecule has 0 unspecified atom stereocenters. The number of carboxylic acid groups (broad SMARTS) is 1. The van der Waals surface area contributed by atoms with Gasteiger partial charge in [-0.25, -0.2) is 9.78 Å². The summed E-state index contributed by atoms with van der Waals surface area (Å²) < 4.78 is 1.53. The summed E-state index contributed by atoms with van der Waals surface area (Å²) >= 11 is 0. The summed E-state index contributed by atoms with van der Waals surface area (Å²) in [6.07, 6.45) is 4.07. The number of aromatic amines is 1. The predicted molar refractivity (Wildman–Crippen MR) is 127 cm³/mol. The van der Waals surface area contributed by atoms with E-state index in [1.807, 2.05) is 30.5 Å². The van der Waals surface area contributed by atoms with Gasteiger partial charge in [-0.1, -0.05) is 24.3 Å². The van der Waals surface area contributed by atoms with Crippen LogP contribution in [0.25, 0.3) is 32.9 Å². The number of aryl methyl sites for hydroxylation is 2. The fourth-order valence-electron chi connectivity index (χ4n) is 4.08. The van der Waals surface area contributed by atoms with Crippen LogP contribution in [0, 0.1) is 10.1 Å². The Morgan fingerprint density at radius 3 is 2.68 bits per heavy atom. The second-order valence-corrected chi connectivity index (χ2v) is 7.92. The van der Waals surface area contributed by atoms with Crippen molar-refractivity contribution in [2.24, 2.45) is 0 Å². The number of nitro benzene ring substituents is 1. The van der Waals surface area contributed by atoms with Crippen LogP contribution in [0.5, 0.6) is 0 Å². The van der Waals surface area contributed by atoms with E-state index >= 15 is 0 Å². The largest absolute Gasteiger partial charge is 0.478 e. The Morgan fingerprint density at radius 1 is 1.06 bits per heavy atom. The third kappa shape index (κ3) is 3.79. The first kappa shape index (κ1) is 21.1. The van der Waals surface area contributed by atoms with E-state index in [4.69, 9.17) is 0 Å². The number of nitro groups is 1. The molecule has 9 heteroatoms. The van der Waals surface area contributed by atoms with Crippen LogP contribution < -0.4 is 5.56 Å². The van der Waals surface area contributed by atoms with Crippen molar-refractivity contribution in [3.63, 3.8) is 0 Å². The summed E-state index contributed by atoms with van der Waals surface area (Å²) in [5, 5.41) is 22.1. The molecule has 0 saturated heterocycles. The quantitative estimate of drug-likeness (QED) is 0.289. The summed E-state index contributed by atoms with van der Waals surface area (Å²) in [7, 11) is 0. The lowest BCUT2D eigenvalue weighted by molar-refractivity contribution is -0.384. The molecule has 2 N–H and O–H groups in total. The maximum atomic E-state index is 13.2. The highest BCUT2D eigenvalue weighted by molar-refractivity contribution is 5.92. The van der Waals surface area contributed by atoms with Crippen LogP contribution in [-0.4, -0.2) is 30.5 Å². The number of aromatic carboxylic acids is 1. The molecule has 0 aliphatic carbocycles. The molecule has 2 heterocycles. The first-order valence-electron chi connectivity index (χ1n) is 10.5. The molecule has 2 aromatic heterocycles. The van der Waals surface area contributed by atoms with Gasteiger partial charge in [0, 0.05) is 35.8 Å². The van der Waals surface area contributed by atoms with Crippen molar-refractivity contribution in [3.8, 4) is 11.1 Å². The van der Waals surface area contributed by atoms with Crippen molar-refractivity contribution in [2.75, 3.05) is 0 Å². The van der Waals surface area contributed by atoms with Gasteiger partial charge in [0.05, 0.1) is 27.7 Å². The average Bonchev–Trinajstić information content (AvgIpc) is 3.26. The number of hydrogen-bond acceptors (Lipinski definition) is 5. The van der Waals surface area contributed by atoms with Crippen molar-refractivity contribution in [1.29, 1.82) is 0 Å². The van der Waals surface area contributed by atoms with Gasteiger partial charge in [0.25, 0.3) is 11.2 Å². The van der Waals surface area contributed by atoms with E-state index in [1.54, 1.807) is 18.2 Å². The van der Waals surface area contributed by atoms with Crippen molar-refractivity contribution in [3.05, 3.63) is 105 Å². The Bertz CT molecular complexity index is 1620. The van der Waals surface area contributed by atoms with Gasteiger partial charge in [-0.2, -0.15) is 0 Å². The number of carbonyl (C=O) groups is 1. The van der Waals surface area contributed by atoms with Gasteiger partial charge in [-0.05, 0) is 47.4 Å². The van der Waals surface area contributed by atoms with E-state index in [2.05, 4.69) is 9.97 Å². The lowest BCUT2D eigenvalue weighted by Gasteiger charge is -2.09.